The summed E-state index contributed by atoms with van der Waals surface area (Å²) in [4.78, 5) is 8.44. The molecule has 2 rings (SSSR count). The number of rotatable bonds is 4. The molecule has 1 aromatic rings. The maximum absolute atomic E-state index is 5.69. The number of hydrogen-bond donors (Lipinski definition) is 1. The van der Waals surface area contributed by atoms with Crippen LogP contribution in [0.15, 0.2) is 0 Å². The number of piperidine rings is 1. The Bertz CT molecular complexity index is 362. The maximum Gasteiger partial charge on any atom is 0.0944 e. The van der Waals surface area contributed by atoms with Crippen LogP contribution < -0.4 is 5.73 Å². The minimum Gasteiger partial charge on any atom is -0.326 e. The molecule has 3 nitrogen and oxygen atoms in total. The van der Waals surface area contributed by atoms with Crippen molar-refractivity contribution in [3.63, 3.8) is 0 Å². The number of nitrogens with zero attached hydrogens (tertiary/aromatic N) is 2. The first-order chi connectivity index (χ1) is 8.20. The summed E-state index contributed by atoms with van der Waals surface area (Å²) in [5.41, 5.74) is 6.81. The van der Waals surface area contributed by atoms with Gasteiger partial charge in [0.1, 0.15) is 0 Å². The van der Waals surface area contributed by atoms with Crippen LogP contribution in [0.2, 0.25) is 0 Å². The molecule has 1 saturated heterocycles. The van der Waals surface area contributed by atoms with E-state index < -0.39 is 0 Å². The van der Waals surface area contributed by atoms with Gasteiger partial charge in [0, 0.05) is 30.4 Å². The van der Waals surface area contributed by atoms with Crippen LogP contribution in [0.25, 0.3) is 0 Å². The molecular formula is C13H23N3S. The van der Waals surface area contributed by atoms with Crippen LogP contribution in [0, 0.1) is 6.92 Å². The summed E-state index contributed by atoms with van der Waals surface area (Å²) < 4.78 is 0. The monoisotopic (exact) mass is 253 g/mol. The lowest BCUT2D eigenvalue weighted by atomic mass is 10.0. The normalized spacial score (nSPS) is 21.9. The largest absolute Gasteiger partial charge is 0.326 e. The first-order valence-corrected chi connectivity index (χ1v) is 7.41. The van der Waals surface area contributed by atoms with Crippen molar-refractivity contribution < 1.29 is 0 Å². The van der Waals surface area contributed by atoms with E-state index in [1.165, 1.54) is 35.7 Å². The molecule has 0 bridgehead atoms. The van der Waals surface area contributed by atoms with Crippen LogP contribution in [-0.2, 0) is 13.0 Å². The van der Waals surface area contributed by atoms with E-state index in [1.807, 2.05) is 0 Å². The second kappa shape index (κ2) is 5.94. The number of nitrogens with two attached hydrogens (primary N) is 1. The molecule has 0 aromatic carbocycles. The Morgan fingerprint density at radius 3 is 2.94 bits per heavy atom. The van der Waals surface area contributed by atoms with Gasteiger partial charge in [0.15, 0.2) is 0 Å². The Morgan fingerprint density at radius 1 is 1.47 bits per heavy atom. The quantitative estimate of drug-likeness (QED) is 0.895. The molecular weight excluding hydrogens is 230 g/mol. The Hall–Kier alpha value is -0.450. The smallest absolute Gasteiger partial charge is 0.0944 e. The van der Waals surface area contributed by atoms with Gasteiger partial charge in [-0.15, -0.1) is 11.3 Å². The Balaban J connectivity index is 1.88. The Morgan fingerprint density at radius 2 is 2.29 bits per heavy atom. The molecule has 1 atom stereocenters. The molecule has 0 saturated carbocycles. The molecule has 1 aliphatic rings. The first-order valence-electron chi connectivity index (χ1n) is 6.60. The molecule has 0 amide bonds. The summed E-state index contributed by atoms with van der Waals surface area (Å²) in [6.45, 7) is 7.44. The zero-order valence-electron chi connectivity index (χ0n) is 10.9. The molecule has 2 N–H and O–H groups in total. The number of aryl methyl sites for hydroxylation is 1. The topological polar surface area (TPSA) is 42.2 Å². The van der Waals surface area contributed by atoms with E-state index in [9.17, 15) is 0 Å². The van der Waals surface area contributed by atoms with Gasteiger partial charge in [0.25, 0.3) is 0 Å². The average Bonchev–Trinajstić information content (AvgIpc) is 2.69. The van der Waals surface area contributed by atoms with E-state index in [1.54, 1.807) is 11.3 Å². The van der Waals surface area contributed by atoms with E-state index in [2.05, 4.69) is 23.7 Å². The van der Waals surface area contributed by atoms with Crippen molar-refractivity contribution in [3.05, 3.63) is 15.6 Å². The molecule has 2 heterocycles. The van der Waals surface area contributed by atoms with E-state index >= 15 is 0 Å². The van der Waals surface area contributed by atoms with E-state index in [0.29, 0.717) is 6.54 Å². The van der Waals surface area contributed by atoms with Crippen molar-refractivity contribution in [2.75, 3.05) is 13.1 Å². The van der Waals surface area contributed by atoms with Gasteiger partial charge >= 0.3 is 0 Å². The van der Waals surface area contributed by atoms with Gasteiger partial charge in [-0.25, -0.2) is 4.98 Å². The summed E-state index contributed by atoms with van der Waals surface area (Å²) in [6.07, 6.45) is 5.18. The summed E-state index contributed by atoms with van der Waals surface area (Å²) in [6, 6.07) is 0.749. The van der Waals surface area contributed by atoms with Crippen molar-refractivity contribution in [1.29, 1.82) is 0 Å². The SMILES string of the molecule is Cc1nc(CCN2CCCCC2C)sc1CN. The van der Waals surface area contributed by atoms with Crippen molar-refractivity contribution in [1.82, 2.24) is 9.88 Å². The van der Waals surface area contributed by atoms with Crippen LogP contribution in [-0.4, -0.2) is 29.0 Å². The van der Waals surface area contributed by atoms with Crippen LogP contribution in [0.5, 0.6) is 0 Å². The lowest BCUT2D eigenvalue weighted by Gasteiger charge is -2.33. The van der Waals surface area contributed by atoms with Gasteiger partial charge in [0.05, 0.1) is 10.7 Å². The summed E-state index contributed by atoms with van der Waals surface area (Å²) in [7, 11) is 0. The van der Waals surface area contributed by atoms with Gasteiger partial charge in [0.2, 0.25) is 0 Å². The van der Waals surface area contributed by atoms with Crippen LogP contribution >= 0.6 is 11.3 Å². The number of likely N-dealkylation sites (tertiary alicyclic amines) is 1. The summed E-state index contributed by atoms with van der Waals surface area (Å²) in [5, 5.41) is 1.25. The highest BCUT2D eigenvalue weighted by molar-refractivity contribution is 7.11. The highest BCUT2D eigenvalue weighted by atomic mass is 32.1. The summed E-state index contributed by atoms with van der Waals surface area (Å²) >= 11 is 1.79. The minimum absolute atomic E-state index is 0.629. The van der Waals surface area contributed by atoms with Crippen LogP contribution in [0.4, 0.5) is 0 Å². The second-order valence-electron chi connectivity index (χ2n) is 4.95. The van der Waals surface area contributed by atoms with Gasteiger partial charge in [-0.05, 0) is 33.2 Å². The lowest BCUT2D eigenvalue weighted by Crippen LogP contribution is -2.38. The standard InChI is InChI=1S/C13H23N3S/c1-10-5-3-4-7-16(10)8-6-13-15-11(2)12(9-14)17-13/h10H,3-9,14H2,1-2H3. The highest BCUT2D eigenvalue weighted by Crippen LogP contribution is 2.20. The first kappa shape index (κ1) is 13.0. The third-order valence-electron chi connectivity index (χ3n) is 3.68. The van der Waals surface area contributed by atoms with Gasteiger partial charge in [-0.1, -0.05) is 6.42 Å². The molecule has 0 spiro atoms. The highest BCUT2D eigenvalue weighted by Gasteiger charge is 2.18. The third kappa shape index (κ3) is 3.27. The van der Waals surface area contributed by atoms with Crippen molar-refractivity contribution in [2.45, 2.75) is 52.1 Å². The van der Waals surface area contributed by atoms with Gasteiger partial charge in [-0.3, -0.25) is 0 Å². The van der Waals surface area contributed by atoms with Gasteiger partial charge < -0.3 is 10.6 Å². The maximum atomic E-state index is 5.69. The molecule has 96 valence electrons. The lowest BCUT2D eigenvalue weighted by molar-refractivity contribution is 0.163. The second-order valence-corrected chi connectivity index (χ2v) is 6.12. The van der Waals surface area contributed by atoms with Crippen molar-refractivity contribution in [3.8, 4) is 0 Å². The van der Waals surface area contributed by atoms with E-state index in [-0.39, 0.29) is 0 Å². The van der Waals surface area contributed by atoms with Gasteiger partial charge in [-0.2, -0.15) is 0 Å². The third-order valence-corrected chi connectivity index (χ3v) is 4.92. The van der Waals surface area contributed by atoms with Crippen molar-refractivity contribution >= 4 is 11.3 Å². The Labute approximate surface area is 108 Å². The molecule has 17 heavy (non-hydrogen) atoms. The van der Waals surface area contributed by atoms with Crippen molar-refractivity contribution in [2.24, 2.45) is 5.73 Å². The molecule has 1 aliphatic heterocycles. The number of aromatic nitrogens is 1. The van der Waals surface area contributed by atoms with Crippen LogP contribution in [0.3, 0.4) is 0 Å². The molecule has 1 fully saturated rings. The molecule has 1 aromatic heterocycles. The predicted octanol–water partition coefficient (Wildman–Crippen LogP) is 2.33. The summed E-state index contributed by atoms with van der Waals surface area (Å²) in [5.74, 6) is 0. The molecule has 0 aliphatic carbocycles. The molecule has 0 radical (unpaired) electrons. The average molecular weight is 253 g/mol. The zero-order chi connectivity index (χ0) is 12.3. The predicted molar refractivity (Wildman–Crippen MR) is 73.3 cm³/mol. The zero-order valence-corrected chi connectivity index (χ0v) is 11.7. The van der Waals surface area contributed by atoms with E-state index in [4.69, 9.17) is 5.73 Å². The molecule has 1 unspecified atom stereocenters. The fraction of sp³-hybridized carbons (Fsp3) is 0.769. The minimum atomic E-state index is 0.629. The number of thiazole rings is 1. The fourth-order valence-electron chi connectivity index (χ4n) is 2.51. The van der Waals surface area contributed by atoms with Crippen LogP contribution in [0.1, 0.15) is 41.8 Å². The van der Waals surface area contributed by atoms with E-state index in [0.717, 1.165) is 24.7 Å². The molecule has 4 heteroatoms. The number of hydrogen-bond acceptors (Lipinski definition) is 4. The fourth-order valence-corrected chi connectivity index (χ4v) is 3.45. The Kier molecular flexibility index (Phi) is 4.54.